The van der Waals surface area contributed by atoms with Gasteiger partial charge in [0.05, 0.1) is 19.9 Å². The summed E-state index contributed by atoms with van der Waals surface area (Å²) in [5.74, 6) is 1.13. The fourth-order valence-electron chi connectivity index (χ4n) is 3.19. The topological polar surface area (TPSA) is 63.7 Å². The molecule has 30 heavy (non-hydrogen) atoms. The molecule has 1 heterocycles. The van der Waals surface area contributed by atoms with Crippen LogP contribution >= 0.6 is 11.3 Å². The highest BCUT2D eigenvalue weighted by Gasteiger charge is 2.18. The van der Waals surface area contributed by atoms with Crippen LogP contribution < -0.4 is 14.8 Å². The Hall–Kier alpha value is -2.90. The summed E-state index contributed by atoms with van der Waals surface area (Å²) in [6.07, 6.45) is 0. The van der Waals surface area contributed by atoms with Crippen molar-refractivity contribution in [1.29, 1.82) is 0 Å². The predicted molar refractivity (Wildman–Crippen MR) is 122 cm³/mol. The summed E-state index contributed by atoms with van der Waals surface area (Å²) in [5, 5.41) is 3.83. The number of hydrogen-bond donors (Lipinski definition) is 1. The second-order valence-electron chi connectivity index (χ2n) is 7.36. The molecule has 0 bridgehead atoms. The predicted octanol–water partition coefficient (Wildman–Crippen LogP) is 4.76. The van der Waals surface area contributed by atoms with Crippen LogP contribution in [0.1, 0.15) is 26.5 Å². The molecule has 3 rings (SSSR count). The van der Waals surface area contributed by atoms with Gasteiger partial charge in [0.25, 0.3) is 5.91 Å². The molecule has 1 N–H and O–H groups in total. The van der Waals surface area contributed by atoms with Crippen molar-refractivity contribution in [2.24, 2.45) is 0 Å². The number of nitrogens with zero attached hydrogens (tertiary/aromatic N) is 2. The van der Waals surface area contributed by atoms with Gasteiger partial charge in [0.2, 0.25) is 0 Å². The van der Waals surface area contributed by atoms with Gasteiger partial charge in [0.1, 0.15) is 9.88 Å². The van der Waals surface area contributed by atoms with E-state index in [1.807, 2.05) is 58.3 Å². The maximum atomic E-state index is 13.0. The standard InChI is InChI=1S/C23H27N3O3S/c1-14-7-9-18(17(11-14)13-26(3)4)25-22(27)21-15(2)24-23(30-21)16-8-10-19(28-5)20(12-16)29-6/h7-12H,13H2,1-6H3,(H,25,27). The average Bonchev–Trinajstić information content (AvgIpc) is 3.10. The number of anilines is 1. The highest BCUT2D eigenvalue weighted by molar-refractivity contribution is 7.17. The van der Waals surface area contributed by atoms with Gasteiger partial charge in [0, 0.05) is 17.8 Å². The number of ether oxygens (including phenoxy) is 2. The average molecular weight is 426 g/mol. The first-order valence-electron chi connectivity index (χ1n) is 9.57. The number of rotatable bonds is 7. The zero-order valence-corrected chi connectivity index (χ0v) is 19.0. The van der Waals surface area contributed by atoms with Gasteiger partial charge in [-0.1, -0.05) is 17.7 Å². The third kappa shape index (κ3) is 4.80. The molecule has 0 aliphatic rings. The van der Waals surface area contributed by atoms with Gasteiger partial charge in [-0.3, -0.25) is 4.79 Å². The smallest absolute Gasteiger partial charge is 0.267 e. The maximum absolute atomic E-state index is 13.0. The Kier molecular flexibility index (Phi) is 6.74. The minimum atomic E-state index is -0.152. The van der Waals surface area contributed by atoms with Crippen LogP contribution in [0.25, 0.3) is 10.6 Å². The maximum Gasteiger partial charge on any atom is 0.267 e. The molecular weight excluding hydrogens is 398 g/mol. The molecule has 0 fully saturated rings. The molecule has 0 unspecified atom stereocenters. The van der Waals surface area contributed by atoms with Crippen molar-refractivity contribution in [3.8, 4) is 22.1 Å². The highest BCUT2D eigenvalue weighted by atomic mass is 32.1. The fraction of sp³-hybridized carbons (Fsp3) is 0.304. The first-order valence-corrected chi connectivity index (χ1v) is 10.4. The molecule has 0 spiro atoms. The Labute approximate surface area is 181 Å². The van der Waals surface area contributed by atoms with Gasteiger partial charge in [-0.2, -0.15) is 0 Å². The Morgan fingerprint density at radius 3 is 2.47 bits per heavy atom. The third-order valence-corrected chi connectivity index (χ3v) is 5.83. The molecule has 1 aromatic heterocycles. The molecule has 1 amide bonds. The zero-order valence-electron chi connectivity index (χ0n) is 18.2. The lowest BCUT2D eigenvalue weighted by atomic mass is 10.1. The van der Waals surface area contributed by atoms with Crippen LogP contribution in [0.5, 0.6) is 11.5 Å². The summed E-state index contributed by atoms with van der Waals surface area (Å²) in [6, 6.07) is 11.7. The van der Waals surface area contributed by atoms with Crippen molar-refractivity contribution in [2.75, 3.05) is 33.6 Å². The minimum absolute atomic E-state index is 0.152. The molecule has 6 nitrogen and oxygen atoms in total. The molecule has 0 aliphatic carbocycles. The van der Waals surface area contributed by atoms with Crippen LogP contribution in [0, 0.1) is 13.8 Å². The second kappa shape index (κ2) is 9.28. The van der Waals surface area contributed by atoms with Gasteiger partial charge in [-0.05, 0) is 57.8 Å². The van der Waals surface area contributed by atoms with Crippen molar-refractivity contribution >= 4 is 22.9 Å². The van der Waals surface area contributed by atoms with Crippen LogP contribution in [0.2, 0.25) is 0 Å². The lowest BCUT2D eigenvalue weighted by Crippen LogP contribution is -2.16. The van der Waals surface area contributed by atoms with Crippen molar-refractivity contribution in [3.63, 3.8) is 0 Å². The molecule has 3 aromatic rings. The van der Waals surface area contributed by atoms with Crippen molar-refractivity contribution in [2.45, 2.75) is 20.4 Å². The third-order valence-electron chi connectivity index (χ3n) is 4.63. The van der Waals surface area contributed by atoms with E-state index >= 15 is 0 Å². The second-order valence-corrected chi connectivity index (χ2v) is 8.35. The molecule has 0 radical (unpaired) electrons. The Morgan fingerprint density at radius 1 is 1.07 bits per heavy atom. The molecule has 7 heteroatoms. The van der Waals surface area contributed by atoms with E-state index in [1.165, 1.54) is 11.3 Å². The van der Waals surface area contributed by atoms with Crippen LogP contribution in [-0.2, 0) is 6.54 Å². The number of methoxy groups -OCH3 is 2. The number of benzene rings is 2. The number of amides is 1. The number of aryl methyl sites for hydroxylation is 2. The monoisotopic (exact) mass is 425 g/mol. The van der Waals surface area contributed by atoms with E-state index in [4.69, 9.17) is 9.47 Å². The molecule has 0 aliphatic heterocycles. The van der Waals surface area contributed by atoms with E-state index in [0.29, 0.717) is 22.1 Å². The Bertz CT molecular complexity index is 1060. The number of nitrogens with one attached hydrogen (secondary N) is 1. The molecule has 2 aromatic carbocycles. The van der Waals surface area contributed by atoms with Gasteiger partial charge < -0.3 is 19.7 Å². The number of aromatic nitrogens is 1. The lowest BCUT2D eigenvalue weighted by Gasteiger charge is -2.15. The van der Waals surface area contributed by atoms with Gasteiger partial charge in [-0.25, -0.2) is 4.98 Å². The van der Waals surface area contributed by atoms with Gasteiger partial charge in [0.15, 0.2) is 11.5 Å². The molecule has 0 atom stereocenters. The van der Waals surface area contributed by atoms with Crippen molar-refractivity contribution in [3.05, 3.63) is 58.1 Å². The number of carbonyl (C=O) groups is 1. The largest absolute Gasteiger partial charge is 0.493 e. The summed E-state index contributed by atoms with van der Waals surface area (Å²) < 4.78 is 10.7. The van der Waals surface area contributed by atoms with Gasteiger partial charge in [-0.15, -0.1) is 11.3 Å². The lowest BCUT2D eigenvalue weighted by molar-refractivity contribution is 0.102. The van der Waals surface area contributed by atoms with Crippen molar-refractivity contribution in [1.82, 2.24) is 9.88 Å². The molecular formula is C23H27N3O3S. The first kappa shape index (κ1) is 21.8. The van der Waals surface area contributed by atoms with Crippen LogP contribution in [0.15, 0.2) is 36.4 Å². The summed E-state index contributed by atoms with van der Waals surface area (Å²) in [7, 11) is 7.22. The zero-order chi connectivity index (χ0) is 21.8. The number of carbonyl (C=O) groups excluding carboxylic acids is 1. The van der Waals surface area contributed by atoms with E-state index in [0.717, 1.165) is 33.9 Å². The Morgan fingerprint density at radius 2 is 1.80 bits per heavy atom. The summed E-state index contributed by atoms with van der Waals surface area (Å²) in [4.78, 5) is 20.3. The fourth-order valence-corrected chi connectivity index (χ4v) is 4.15. The summed E-state index contributed by atoms with van der Waals surface area (Å²) in [5.41, 5.74) is 4.64. The normalized spacial score (nSPS) is 10.9. The van der Waals surface area contributed by atoms with E-state index in [-0.39, 0.29) is 5.91 Å². The first-order chi connectivity index (χ1) is 14.3. The van der Waals surface area contributed by atoms with Gasteiger partial charge >= 0.3 is 0 Å². The SMILES string of the molecule is COc1ccc(-c2nc(C)c(C(=O)Nc3ccc(C)cc3CN(C)C)s2)cc1OC. The minimum Gasteiger partial charge on any atom is -0.493 e. The highest BCUT2D eigenvalue weighted by Crippen LogP contribution is 2.35. The molecule has 158 valence electrons. The van der Waals surface area contributed by atoms with E-state index in [1.54, 1.807) is 14.2 Å². The Balaban J connectivity index is 1.88. The summed E-state index contributed by atoms with van der Waals surface area (Å²) in [6.45, 7) is 4.65. The number of hydrogen-bond acceptors (Lipinski definition) is 6. The summed E-state index contributed by atoms with van der Waals surface area (Å²) >= 11 is 1.37. The van der Waals surface area contributed by atoms with Crippen molar-refractivity contribution < 1.29 is 14.3 Å². The quantitative estimate of drug-likeness (QED) is 0.591. The molecule has 0 saturated heterocycles. The van der Waals surface area contributed by atoms with Crippen LogP contribution in [0.4, 0.5) is 5.69 Å². The number of thiazole rings is 1. The van der Waals surface area contributed by atoms with Crippen LogP contribution in [0.3, 0.4) is 0 Å². The van der Waals surface area contributed by atoms with Crippen LogP contribution in [-0.4, -0.2) is 44.1 Å². The van der Waals surface area contributed by atoms with E-state index in [9.17, 15) is 4.79 Å². The van der Waals surface area contributed by atoms with E-state index in [2.05, 4.69) is 21.3 Å². The van der Waals surface area contributed by atoms with E-state index < -0.39 is 0 Å². The molecule has 0 saturated carbocycles.